The number of halogens is 1. The van der Waals surface area contributed by atoms with Gasteiger partial charge < -0.3 is 4.74 Å². The highest BCUT2D eigenvalue weighted by atomic mass is 35.5. The van der Waals surface area contributed by atoms with Crippen molar-refractivity contribution in [3.63, 3.8) is 0 Å². The lowest BCUT2D eigenvalue weighted by atomic mass is 10.2. The molecule has 1 heterocycles. The van der Waals surface area contributed by atoms with Gasteiger partial charge in [0, 0.05) is 12.8 Å². The van der Waals surface area contributed by atoms with Crippen molar-refractivity contribution in [2.24, 2.45) is 0 Å². The van der Waals surface area contributed by atoms with Gasteiger partial charge in [-0.25, -0.2) is 4.98 Å². The molecule has 11 heavy (non-hydrogen) atoms. The van der Waals surface area contributed by atoms with Gasteiger partial charge in [-0.15, -0.1) is 0 Å². The standard InChI is InChI=1S/C8H10ClNO/c1-6-7(5-11-2)3-4-8(9)10-6/h3-4H,5H2,1-2H3. The predicted octanol–water partition coefficient (Wildman–Crippen LogP) is 2.19. The zero-order chi connectivity index (χ0) is 8.27. The maximum absolute atomic E-state index is 5.67. The fourth-order valence-corrected chi connectivity index (χ4v) is 1.06. The number of rotatable bonds is 2. The molecule has 0 bridgehead atoms. The van der Waals surface area contributed by atoms with Gasteiger partial charge in [-0.1, -0.05) is 17.7 Å². The van der Waals surface area contributed by atoms with Gasteiger partial charge in [-0.05, 0) is 18.6 Å². The third-order valence-corrected chi connectivity index (χ3v) is 1.67. The summed E-state index contributed by atoms with van der Waals surface area (Å²) in [5.74, 6) is 0. The quantitative estimate of drug-likeness (QED) is 0.637. The van der Waals surface area contributed by atoms with Crippen molar-refractivity contribution in [3.05, 3.63) is 28.5 Å². The minimum Gasteiger partial charge on any atom is -0.380 e. The molecule has 0 aliphatic rings. The second-order valence-corrected chi connectivity index (χ2v) is 2.70. The van der Waals surface area contributed by atoms with E-state index in [1.807, 2.05) is 13.0 Å². The van der Waals surface area contributed by atoms with Crippen molar-refractivity contribution in [1.29, 1.82) is 0 Å². The Kier molecular flexibility index (Phi) is 2.85. The summed E-state index contributed by atoms with van der Waals surface area (Å²) in [7, 11) is 1.66. The highest BCUT2D eigenvalue weighted by Gasteiger charge is 1.98. The number of pyridine rings is 1. The van der Waals surface area contributed by atoms with Crippen molar-refractivity contribution in [3.8, 4) is 0 Å². The van der Waals surface area contributed by atoms with Crippen molar-refractivity contribution < 1.29 is 4.74 Å². The molecule has 0 amide bonds. The molecule has 0 saturated carbocycles. The lowest BCUT2D eigenvalue weighted by Gasteiger charge is -2.02. The van der Waals surface area contributed by atoms with Gasteiger partial charge in [0.25, 0.3) is 0 Å². The lowest BCUT2D eigenvalue weighted by molar-refractivity contribution is 0.184. The third kappa shape index (κ3) is 2.17. The molecule has 3 heteroatoms. The van der Waals surface area contributed by atoms with Crippen LogP contribution in [0, 0.1) is 6.92 Å². The third-order valence-electron chi connectivity index (χ3n) is 1.46. The summed E-state index contributed by atoms with van der Waals surface area (Å²) in [5, 5.41) is 0.530. The van der Waals surface area contributed by atoms with Gasteiger partial charge in [-0.3, -0.25) is 0 Å². The number of hydrogen-bond donors (Lipinski definition) is 0. The summed E-state index contributed by atoms with van der Waals surface area (Å²) < 4.78 is 4.97. The van der Waals surface area contributed by atoms with Crippen molar-refractivity contribution in [2.75, 3.05) is 7.11 Å². The highest BCUT2D eigenvalue weighted by molar-refractivity contribution is 6.29. The Morgan fingerprint density at radius 2 is 2.27 bits per heavy atom. The lowest BCUT2D eigenvalue weighted by Crippen LogP contribution is -1.93. The first-order chi connectivity index (χ1) is 5.24. The molecule has 0 radical (unpaired) electrons. The molecule has 0 N–H and O–H groups in total. The summed E-state index contributed by atoms with van der Waals surface area (Å²) in [6.45, 7) is 2.51. The summed E-state index contributed by atoms with van der Waals surface area (Å²) >= 11 is 5.67. The summed E-state index contributed by atoms with van der Waals surface area (Å²) in [6.07, 6.45) is 0. The molecule has 60 valence electrons. The van der Waals surface area contributed by atoms with Gasteiger partial charge in [0.05, 0.1) is 6.61 Å². The first kappa shape index (κ1) is 8.50. The van der Waals surface area contributed by atoms with Crippen molar-refractivity contribution >= 4 is 11.6 Å². The van der Waals surface area contributed by atoms with E-state index in [0.29, 0.717) is 11.8 Å². The van der Waals surface area contributed by atoms with E-state index < -0.39 is 0 Å². The molecule has 0 atom stereocenters. The number of nitrogens with zero attached hydrogens (tertiary/aromatic N) is 1. The van der Waals surface area contributed by atoms with Crippen LogP contribution in [0.3, 0.4) is 0 Å². The van der Waals surface area contributed by atoms with Crippen LogP contribution in [-0.4, -0.2) is 12.1 Å². The van der Waals surface area contributed by atoms with Crippen LogP contribution in [0.25, 0.3) is 0 Å². The van der Waals surface area contributed by atoms with Gasteiger partial charge >= 0.3 is 0 Å². The van der Waals surface area contributed by atoms with E-state index in [-0.39, 0.29) is 0 Å². The maximum Gasteiger partial charge on any atom is 0.129 e. The van der Waals surface area contributed by atoms with Crippen LogP contribution in [0.5, 0.6) is 0 Å². The van der Waals surface area contributed by atoms with Crippen LogP contribution >= 0.6 is 11.6 Å². The number of aromatic nitrogens is 1. The Bertz CT molecular complexity index is 250. The SMILES string of the molecule is COCc1ccc(Cl)nc1C. The molecular formula is C8H10ClNO. The minimum atomic E-state index is 0.530. The Morgan fingerprint density at radius 1 is 1.55 bits per heavy atom. The smallest absolute Gasteiger partial charge is 0.129 e. The van der Waals surface area contributed by atoms with E-state index in [0.717, 1.165) is 11.3 Å². The van der Waals surface area contributed by atoms with Crippen LogP contribution in [0.1, 0.15) is 11.3 Å². The first-order valence-electron chi connectivity index (χ1n) is 3.35. The topological polar surface area (TPSA) is 22.1 Å². The molecule has 1 rings (SSSR count). The molecule has 0 aliphatic heterocycles. The number of ether oxygens (including phenoxy) is 1. The molecule has 2 nitrogen and oxygen atoms in total. The fraction of sp³-hybridized carbons (Fsp3) is 0.375. The zero-order valence-corrected chi connectivity index (χ0v) is 7.35. The minimum absolute atomic E-state index is 0.530. The normalized spacial score (nSPS) is 10.1. The van der Waals surface area contributed by atoms with Crippen LogP contribution in [-0.2, 0) is 11.3 Å². The van der Waals surface area contributed by atoms with E-state index in [9.17, 15) is 0 Å². The monoisotopic (exact) mass is 171 g/mol. The Labute approximate surface area is 71.2 Å². The summed E-state index contributed by atoms with van der Waals surface area (Å²) in [5.41, 5.74) is 2.01. The Morgan fingerprint density at radius 3 is 2.82 bits per heavy atom. The summed E-state index contributed by atoms with van der Waals surface area (Å²) in [6, 6.07) is 3.69. The molecule has 0 spiro atoms. The molecule has 0 fully saturated rings. The average Bonchev–Trinajstić information content (AvgIpc) is 1.95. The van der Waals surface area contributed by atoms with Gasteiger partial charge in [-0.2, -0.15) is 0 Å². The average molecular weight is 172 g/mol. The number of hydrogen-bond acceptors (Lipinski definition) is 2. The van der Waals surface area contributed by atoms with E-state index in [2.05, 4.69) is 4.98 Å². The van der Waals surface area contributed by atoms with Gasteiger partial charge in [0.2, 0.25) is 0 Å². The summed E-state index contributed by atoms with van der Waals surface area (Å²) in [4.78, 5) is 4.08. The molecule has 1 aromatic rings. The first-order valence-corrected chi connectivity index (χ1v) is 3.73. The highest BCUT2D eigenvalue weighted by Crippen LogP contribution is 2.10. The van der Waals surface area contributed by atoms with Crippen molar-refractivity contribution in [2.45, 2.75) is 13.5 Å². The second-order valence-electron chi connectivity index (χ2n) is 2.31. The molecule has 0 aromatic carbocycles. The van der Waals surface area contributed by atoms with E-state index in [4.69, 9.17) is 16.3 Å². The predicted molar refractivity (Wildman–Crippen MR) is 44.7 cm³/mol. The van der Waals surface area contributed by atoms with E-state index in [1.165, 1.54) is 0 Å². The van der Waals surface area contributed by atoms with Crippen LogP contribution in [0.4, 0.5) is 0 Å². The Balaban J connectivity index is 2.90. The van der Waals surface area contributed by atoms with Crippen molar-refractivity contribution in [1.82, 2.24) is 4.98 Å². The van der Waals surface area contributed by atoms with Gasteiger partial charge in [0.1, 0.15) is 5.15 Å². The second kappa shape index (κ2) is 3.69. The molecule has 1 aromatic heterocycles. The van der Waals surface area contributed by atoms with Crippen LogP contribution < -0.4 is 0 Å². The van der Waals surface area contributed by atoms with E-state index in [1.54, 1.807) is 13.2 Å². The van der Waals surface area contributed by atoms with Crippen LogP contribution in [0.15, 0.2) is 12.1 Å². The molecular weight excluding hydrogens is 162 g/mol. The molecule has 0 aliphatic carbocycles. The molecule has 0 saturated heterocycles. The number of aryl methyl sites for hydroxylation is 1. The van der Waals surface area contributed by atoms with Gasteiger partial charge in [0.15, 0.2) is 0 Å². The largest absolute Gasteiger partial charge is 0.380 e. The maximum atomic E-state index is 5.67. The van der Waals surface area contributed by atoms with E-state index >= 15 is 0 Å². The zero-order valence-electron chi connectivity index (χ0n) is 6.60. The van der Waals surface area contributed by atoms with Crippen LogP contribution in [0.2, 0.25) is 5.15 Å². The number of methoxy groups -OCH3 is 1. The Hall–Kier alpha value is -0.600. The molecule has 0 unspecified atom stereocenters. The fourth-order valence-electron chi connectivity index (χ4n) is 0.867.